The lowest BCUT2D eigenvalue weighted by Crippen LogP contribution is -2.48. The van der Waals surface area contributed by atoms with Gasteiger partial charge >= 0.3 is 0 Å². The molecule has 3 nitrogen and oxygen atoms in total. The van der Waals surface area contributed by atoms with Crippen molar-refractivity contribution in [2.45, 2.75) is 46.1 Å². The lowest BCUT2D eigenvalue weighted by atomic mass is 9.96. The third-order valence-electron chi connectivity index (χ3n) is 3.65. The van der Waals surface area contributed by atoms with Gasteiger partial charge in [0.1, 0.15) is 0 Å². The first-order valence-electron chi connectivity index (χ1n) is 6.81. The summed E-state index contributed by atoms with van der Waals surface area (Å²) in [6, 6.07) is 0. The number of hydrogen-bond donors (Lipinski definition) is 1. The zero-order valence-corrected chi connectivity index (χ0v) is 12.6. The van der Waals surface area contributed by atoms with E-state index in [4.69, 9.17) is 0 Å². The molecular weight excluding hydrogens is 230 g/mol. The minimum atomic E-state index is 0.263. The van der Waals surface area contributed by atoms with E-state index in [0.29, 0.717) is 0 Å². The summed E-state index contributed by atoms with van der Waals surface area (Å²) >= 11 is 1.87. The van der Waals surface area contributed by atoms with E-state index >= 15 is 0 Å². The number of hydrogen-bond acceptors (Lipinski definition) is 3. The summed E-state index contributed by atoms with van der Waals surface area (Å²) in [6.45, 7) is 13.2. The van der Waals surface area contributed by atoms with Gasteiger partial charge in [0.15, 0.2) is 5.17 Å². The van der Waals surface area contributed by atoms with Crippen molar-refractivity contribution in [3.05, 3.63) is 0 Å². The van der Waals surface area contributed by atoms with Gasteiger partial charge in [-0.25, -0.2) is 0 Å². The lowest BCUT2D eigenvalue weighted by molar-refractivity contribution is 0.312. The van der Waals surface area contributed by atoms with Crippen molar-refractivity contribution < 1.29 is 0 Å². The van der Waals surface area contributed by atoms with E-state index in [1.807, 2.05) is 11.8 Å². The predicted octanol–water partition coefficient (Wildman–Crippen LogP) is 2.58. The molecule has 0 aromatic rings. The first-order chi connectivity index (χ1) is 8.13. The summed E-state index contributed by atoms with van der Waals surface area (Å²) < 4.78 is 0. The molecule has 1 saturated heterocycles. The number of thioether (sulfide) groups is 1. The van der Waals surface area contributed by atoms with Gasteiger partial charge in [-0.15, -0.1) is 0 Å². The molecule has 0 spiro atoms. The van der Waals surface area contributed by atoms with Crippen LogP contribution >= 0.6 is 11.8 Å². The van der Waals surface area contributed by atoms with Crippen LogP contribution in [0.3, 0.4) is 0 Å². The normalized spacial score (nSPS) is 27.5. The Labute approximate surface area is 110 Å². The maximum atomic E-state index is 4.69. The van der Waals surface area contributed by atoms with Gasteiger partial charge in [0.2, 0.25) is 0 Å². The highest BCUT2D eigenvalue weighted by Crippen LogP contribution is 2.24. The van der Waals surface area contributed by atoms with E-state index in [1.54, 1.807) is 0 Å². The Morgan fingerprint density at radius 1 is 1.35 bits per heavy atom. The maximum absolute atomic E-state index is 4.69. The summed E-state index contributed by atoms with van der Waals surface area (Å²) in [5.74, 6) is 1.20. The van der Waals surface area contributed by atoms with Gasteiger partial charge in [0.25, 0.3) is 0 Å². The Hall–Kier alpha value is -0.220. The topological polar surface area (TPSA) is 27.6 Å². The predicted molar refractivity (Wildman–Crippen MR) is 79.0 cm³/mol. The van der Waals surface area contributed by atoms with E-state index < -0.39 is 0 Å². The van der Waals surface area contributed by atoms with Crippen LogP contribution < -0.4 is 5.32 Å². The van der Waals surface area contributed by atoms with Crippen molar-refractivity contribution in [2.24, 2.45) is 4.99 Å². The average Bonchev–Trinajstić information content (AvgIpc) is 2.35. The van der Waals surface area contributed by atoms with E-state index in [2.05, 4.69) is 42.9 Å². The van der Waals surface area contributed by atoms with E-state index in [0.717, 1.165) is 31.3 Å². The first-order valence-corrected chi connectivity index (χ1v) is 7.80. The fourth-order valence-corrected chi connectivity index (χ4v) is 3.16. The highest BCUT2D eigenvalue weighted by Gasteiger charge is 2.27. The summed E-state index contributed by atoms with van der Waals surface area (Å²) in [4.78, 5) is 7.10. The smallest absolute Gasteiger partial charge is 0.157 e. The minimum Gasteiger partial charge on any atom is -0.360 e. The van der Waals surface area contributed by atoms with E-state index in [-0.39, 0.29) is 5.54 Å². The molecule has 1 fully saturated rings. The molecule has 0 radical (unpaired) electrons. The van der Waals surface area contributed by atoms with Crippen LogP contribution in [0.1, 0.15) is 40.5 Å². The second kappa shape index (κ2) is 7.27. The summed E-state index contributed by atoms with van der Waals surface area (Å²) in [5.41, 5.74) is 0.263. The molecule has 1 N–H and O–H groups in total. The Morgan fingerprint density at radius 3 is 2.65 bits per heavy atom. The van der Waals surface area contributed by atoms with Crippen LogP contribution in [-0.4, -0.2) is 47.5 Å². The highest BCUT2D eigenvalue weighted by molar-refractivity contribution is 8.13. The number of likely N-dealkylation sites (N-methyl/N-ethyl adjacent to an activating group) is 1. The molecule has 0 amide bonds. The number of nitrogens with zero attached hydrogens (tertiary/aromatic N) is 2. The van der Waals surface area contributed by atoms with Crippen molar-refractivity contribution in [3.8, 4) is 0 Å². The Morgan fingerprint density at radius 2 is 2.06 bits per heavy atom. The molecule has 1 aliphatic rings. The Kier molecular flexibility index (Phi) is 6.34. The zero-order valence-electron chi connectivity index (χ0n) is 11.8. The van der Waals surface area contributed by atoms with Gasteiger partial charge < -0.3 is 10.2 Å². The summed E-state index contributed by atoms with van der Waals surface area (Å²) in [7, 11) is 0. The molecule has 1 aliphatic heterocycles. The Balaban J connectivity index is 2.39. The quantitative estimate of drug-likeness (QED) is 0.792. The number of aliphatic imine (C=N–C) groups is 1. The van der Waals surface area contributed by atoms with Gasteiger partial charge in [0.05, 0.1) is 6.54 Å². The van der Waals surface area contributed by atoms with Crippen LogP contribution in [0.15, 0.2) is 4.99 Å². The Bertz CT molecular complexity index is 251. The van der Waals surface area contributed by atoms with Crippen molar-refractivity contribution in [2.75, 3.05) is 31.9 Å². The van der Waals surface area contributed by atoms with Crippen LogP contribution in [0.2, 0.25) is 0 Å². The second-order valence-corrected chi connectivity index (χ2v) is 5.94. The van der Waals surface area contributed by atoms with Gasteiger partial charge in [0, 0.05) is 17.8 Å². The van der Waals surface area contributed by atoms with Gasteiger partial charge in [-0.3, -0.25) is 4.99 Å². The second-order valence-electron chi connectivity index (χ2n) is 4.85. The van der Waals surface area contributed by atoms with Gasteiger partial charge in [-0.2, -0.15) is 0 Å². The molecule has 100 valence electrons. The fraction of sp³-hybridized carbons (Fsp3) is 0.923. The summed E-state index contributed by atoms with van der Waals surface area (Å²) in [5, 5.41) is 4.73. The molecule has 0 saturated carbocycles. The molecule has 0 bridgehead atoms. The van der Waals surface area contributed by atoms with Crippen molar-refractivity contribution >= 4 is 16.9 Å². The summed E-state index contributed by atoms with van der Waals surface area (Å²) in [6.07, 6.45) is 2.41. The molecule has 4 heteroatoms. The van der Waals surface area contributed by atoms with Crippen molar-refractivity contribution in [3.63, 3.8) is 0 Å². The van der Waals surface area contributed by atoms with Gasteiger partial charge in [-0.05, 0) is 32.9 Å². The van der Waals surface area contributed by atoms with Crippen molar-refractivity contribution in [1.82, 2.24) is 10.2 Å². The largest absolute Gasteiger partial charge is 0.360 e. The number of amidine groups is 1. The minimum absolute atomic E-state index is 0.263. The monoisotopic (exact) mass is 257 g/mol. The van der Waals surface area contributed by atoms with Crippen LogP contribution in [0.4, 0.5) is 0 Å². The van der Waals surface area contributed by atoms with E-state index in [9.17, 15) is 0 Å². The first kappa shape index (κ1) is 14.8. The number of nitrogens with one attached hydrogen (secondary N) is 1. The number of rotatable bonds is 6. The lowest BCUT2D eigenvalue weighted by Gasteiger charge is -2.35. The molecule has 17 heavy (non-hydrogen) atoms. The molecule has 1 atom stereocenters. The molecule has 1 unspecified atom stereocenters. The fourth-order valence-electron chi connectivity index (χ4n) is 1.91. The van der Waals surface area contributed by atoms with Crippen molar-refractivity contribution in [1.29, 1.82) is 0 Å². The van der Waals surface area contributed by atoms with Crippen LogP contribution in [0.25, 0.3) is 0 Å². The zero-order chi connectivity index (χ0) is 12.7. The van der Waals surface area contributed by atoms with E-state index in [1.165, 1.54) is 18.6 Å². The maximum Gasteiger partial charge on any atom is 0.157 e. The van der Waals surface area contributed by atoms with Gasteiger partial charge in [-0.1, -0.05) is 32.5 Å². The molecule has 0 aromatic carbocycles. The average molecular weight is 257 g/mol. The third kappa shape index (κ3) is 4.88. The molecule has 0 aliphatic carbocycles. The standard InChI is InChI=1S/C13H27N3S/c1-5-13(4)8-11-17-12(15-13)14-9-10-16(6-2)7-3/h5-11H2,1-4H3,(H,14,15). The van der Waals surface area contributed by atoms with Crippen LogP contribution in [-0.2, 0) is 0 Å². The highest BCUT2D eigenvalue weighted by atomic mass is 32.2. The third-order valence-corrected chi connectivity index (χ3v) is 4.56. The SMILES string of the molecule is CCN(CC)CCN=C1NC(C)(CC)CCS1. The van der Waals surface area contributed by atoms with Crippen LogP contribution in [0.5, 0.6) is 0 Å². The molecule has 1 heterocycles. The molecule has 1 rings (SSSR count). The molecular formula is C13H27N3S. The molecule has 0 aromatic heterocycles. The van der Waals surface area contributed by atoms with Crippen LogP contribution in [0, 0.1) is 0 Å².